The molecule has 0 bridgehead atoms. The standard InChI is InChI=1S/C25H32N4O/c1-25(2)12-11-19-22(15-25)27-28-23(19)21-13-17-9-10-18(14-20(17)26-21)29(3)24(30)16-7-5-4-6-8-16/h9-10,13-14,16,26H,4-8,11-12,15H2,1-3H3,(H,27,28). The SMILES string of the molecule is CN(C(=O)C1CCCCC1)c1ccc2cc(-c3n[nH]c4c3CCC(C)(C)C4)[nH]c2c1. The zero-order valence-electron chi connectivity index (χ0n) is 18.3. The van der Waals surface area contributed by atoms with Crippen molar-refractivity contribution >= 4 is 22.5 Å². The number of H-pyrrole nitrogens is 2. The van der Waals surface area contributed by atoms with Crippen molar-refractivity contribution in [3.63, 3.8) is 0 Å². The quantitative estimate of drug-likeness (QED) is 0.595. The van der Waals surface area contributed by atoms with Gasteiger partial charge in [-0.3, -0.25) is 9.89 Å². The van der Waals surface area contributed by atoms with Crippen molar-refractivity contribution in [3.8, 4) is 11.4 Å². The molecule has 3 aromatic rings. The van der Waals surface area contributed by atoms with Crippen molar-refractivity contribution in [2.75, 3.05) is 11.9 Å². The highest BCUT2D eigenvalue weighted by molar-refractivity contribution is 5.97. The summed E-state index contributed by atoms with van der Waals surface area (Å²) in [6.45, 7) is 4.65. The Bertz CT molecular complexity index is 1080. The largest absolute Gasteiger partial charge is 0.353 e. The topological polar surface area (TPSA) is 64.8 Å². The van der Waals surface area contributed by atoms with Crippen LogP contribution >= 0.6 is 0 Å². The number of aromatic amines is 2. The molecule has 2 heterocycles. The first-order chi connectivity index (χ1) is 14.4. The van der Waals surface area contributed by atoms with Gasteiger partial charge in [-0.25, -0.2) is 0 Å². The first-order valence-electron chi connectivity index (χ1n) is 11.4. The van der Waals surface area contributed by atoms with Crippen LogP contribution in [0.2, 0.25) is 0 Å². The first kappa shape index (κ1) is 19.4. The summed E-state index contributed by atoms with van der Waals surface area (Å²) in [6, 6.07) is 8.45. The van der Waals surface area contributed by atoms with Crippen molar-refractivity contribution < 1.29 is 4.79 Å². The summed E-state index contributed by atoms with van der Waals surface area (Å²) in [6.07, 6.45) is 8.96. The van der Waals surface area contributed by atoms with Crippen LogP contribution in [0.25, 0.3) is 22.3 Å². The lowest BCUT2D eigenvalue weighted by Gasteiger charge is -2.28. The average molecular weight is 405 g/mol. The van der Waals surface area contributed by atoms with Crippen LogP contribution < -0.4 is 4.90 Å². The van der Waals surface area contributed by atoms with Gasteiger partial charge in [-0.2, -0.15) is 5.10 Å². The van der Waals surface area contributed by atoms with Crippen molar-refractivity contribution in [3.05, 3.63) is 35.5 Å². The number of hydrogen-bond donors (Lipinski definition) is 2. The van der Waals surface area contributed by atoms with E-state index < -0.39 is 0 Å². The second kappa shape index (κ2) is 7.29. The summed E-state index contributed by atoms with van der Waals surface area (Å²) in [5.74, 6) is 0.434. The Labute approximate surface area is 178 Å². The van der Waals surface area contributed by atoms with E-state index in [4.69, 9.17) is 0 Å². The minimum Gasteiger partial charge on any atom is -0.353 e. The molecule has 1 saturated carbocycles. The normalized spacial score (nSPS) is 19.0. The lowest BCUT2D eigenvalue weighted by Crippen LogP contribution is -2.33. The van der Waals surface area contributed by atoms with Gasteiger partial charge in [0.2, 0.25) is 5.91 Å². The number of aromatic nitrogens is 3. The molecule has 1 aromatic carbocycles. The maximum atomic E-state index is 12.9. The van der Waals surface area contributed by atoms with E-state index in [0.29, 0.717) is 5.41 Å². The van der Waals surface area contributed by atoms with Gasteiger partial charge in [0.05, 0.1) is 5.69 Å². The lowest BCUT2D eigenvalue weighted by atomic mass is 9.76. The molecule has 2 aromatic heterocycles. The summed E-state index contributed by atoms with van der Waals surface area (Å²) < 4.78 is 0. The fourth-order valence-electron chi connectivity index (χ4n) is 5.27. The molecule has 0 aliphatic heterocycles. The van der Waals surface area contributed by atoms with Gasteiger partial charge in [-0.15, -0.1) is 0 Å². The van der Waals surface area contributed by atoms with E-state index in [0.717, 1.165) is 53.7 Å². The molecular formula is C25H32N4O. The molecule has 2 N–H and O–H groups in total. The highest BCUT2D eigenvalue weighted by Gasteiger charge is 2.29. The third kappa shape index (κ3) is 3.44. The number of fused-ring (bicyclic) bond motifs is 2. The fraction of sp³-hybridized carbons (Fsp3) is 0.520. The molecular weight excluding hydrogens is 372 g/mol. The average Bonchev–Trinajstić information content (AvgIpc) is 3.35. The number of anilines is 1. The number of hydrogen-bond acceptors (Lipinski definition) is 2. The Morgan fingerprint density at radius 3 is 2.77 bits per heavy atom. The number of carbonyl (C=O) groups excluding carboxylic acids is 1. The zero-order valence-corrected chi connectivity index (χ0v) is 18.3. The molecule has 30 heavy (non-hydrogen) atoms. The van der Waals surface area contributed by atoms with Gasteiger partial charge in [0.15, 0.2) is 0 Å². The molecule has 2 aliphatic carbocycles. The van der Waals surface area contributed by atoms with Crippen molar-refractivity contribution in [1.29, 1.82) is 0 Å². The molecule has 158 valence electrons. The first-order valence-corrected chi connectivity index (χ1v) is 11.4. The van der Waals surface area contributed by atoms with Crippen LogP contribution in [0.3, 0.4) is 0 Å². The Hall–Kier alpha value is -2.56. The van der Waals surface area contributed by atoms with Gasteiger partial charge < -0.3 is 9.88 Å². The minimum atomic E-state index is 0.179. The number of nitrogens with zero attached hydrogens (tertiary/aromatic N) is 2. The molecule has 0 saturated heterocycles. The van der Waals surface area contributed by atoms with E-state index in [-0.39, 0.29) is 11.8 Å². The number of benzene rings is 1. The number of nitrogens with one attached hydrogen (secondary N) is 2. The minimum absolute atomic E-state index is 0.179. The third-order valence-electron chi connectivity index (χ3n) is 7.19. The van der Waals surface area contributed by atoms with Crippen LogP contribution in [0.5, 0.6) is 0 Å². The van der Waals surface area contributed by atoms with E-state index in [1.807, 2.05) is 11.9 Å². The van der Waals surface area contributed by atoms with Gasteiger partial charge in [-0.1, -0.05) is 39.2 Å². The van der Waals surface area contributed by atoms with E-state index >= 15 is 0 Å². The van der Waals surface area contributed by atoms with Gasteiger partial charge >= 0.3 is 0 Å². The molecule has 0 spiro atoms. The fourth-order valence-corrected chi connectivity index (χ4v) is 5.27. The highest BCUT2D eigenvalue weighted by atomic mass is 16.2. The maximum Gasteiger partial charge on any atom is 0.229 e. The summed E-state index contributed by atoms with van der Waals surface area (Å²) in [4.78, 5) is 18.3. The van der Waals surface area contributed by atoms with Crippen molar-refractivity contribution in [2.24, 2.45) is 11.3 Å². The summed E-state index contributed by atoms with van der Waals surface area (Å²) in [7, 11) is 1.91. The molecule has 5 heteroatoms. The Balaban J connectivity index is 1.42. The van der Waals surface area contributed by atoms with Crippen molar-refractivity contribution in [1.82, 2.24) is 15.2 Å². The predicted molar refractivity (Wildman–Crippen MR) is 122 cm³/mol. The van der Waals surface area contributed by atoms with Crippen molar-refractivity contribution in [2.45, 2.75) is 65.2 Å². The van der Waals surface area contributed by atoms with Crippen LogP contribution in [-0.2, 0) is 17.6 Å². The molecule has 1 fully saturated rings. The van der Waals surface area contributed by atoms with Crippen LogP contribution in [0.1, 0.15) is 63.6 Å². The molecule has 5 rings (SSSR count). The molecule has 0 unspecified atom stereocenters. The Kier molecular flexibility index (Phi) is 4.72. The highest BCUT2D eigenvalue weighted by Crippen LogP contribution is 2.38. The third-order valence-corrected chi connectivity index (χ3v) is 7.19. The summed E-state index contributed by atoms with van der Waals surface area (Å²) in [5.41, 5.74) is 7.08. The summed E-state index contributed by atoms with van der Waals surface area (Å²) in [5, 5.41) is 9.09. The Morgan fingerprint density at radius 1 is 1.17 bits per heavy atom. The number of amides is 1. The zero-order chi connectivity index (χ0) is 20.9. The van der Waals surface area contributed by atoms with E-state index in [1.54, 1.807) is 0 Å². The van der Waals surface area contributed by atoms with E-state index in [9.17, 15) is 4.79 Å². The molecule has 1 amide bonds. The second-order valence-electron chi connectivity index (χ2n) is 10.1. The van der Waals surface area contributed by atoms with Gasteiger partial charge in [-0.05, 0) is 55.7 Å². The van der Waals surface area contributed by atoms with Crippen LogP contribution in [-0.4, -0.2) is 28.1 Å². The monoisotopic (exact) mass is 404 g/mol. The predicted octanol–water partition coefficient (Wildman–Crippen LogP) is 5.62. The molecule has 2 aliphatic rings. The van der Waals surface area contributed by atoms with Gasteiger partial charge in [0, 0.05) is 40.8 Å². The van der Waals surface area contributed by atoms with Gasteiger partial charge in [0.1, 0.15) is 5.69 Å². The smallest absolute Gasteiger partial charge is 0.229 e. The molecule has 0 atom stereocenters. The van der Waals surface area contributed by atoms with Crippen LogP contribution in [0.15, 0.2) is 24.3 Å². The Morgan fingerprint density at radius 2 is 1.97 bits per heavy atom. The number of rotatable bonds is 3. The molecule has 0 radical (unpaired) electrons. The lowest BCUT2D eigenvalue weighted by molar-refractivity contribution is -0.123. The van der Waals surface area contributed by atoms with E-state index in [2.05, 4.69) is 53.3 Å². The van der Waals surface area contributed by atoms with Crippen LogP contribution in [0, 0.1) is 11.3 Å². The molecule has 5 nitrogen and oxygen atoms in total. The summed E-state index contributed by atoms with van der Waals surface area (Å²) >= 11 is 0. The van der Waals surface area contributed by atoms with Crippen LogP contribution in [0.4, 0.5) is 5.69 Å². The second-order valence-corrected chi connectivity index (χ2v) is 10.1. The maximum absolute atomic E-state index is 12.9. The van der Waals surface area contributed by atoms with Gasteiger partial charge in [0.25, 0.3) is 0 Å². The number of carbonyl (C=O) groups is 1. The van der Waals surface area contributed by atoms with E-state index in [1.165, 1.54) is 36.9 Å².